The van der Waals surface area contributed by atoms with Gasteiger partial charge in [-0.2, -0.15) is 0 Å². The summed E-state index contributed by atoms with van der Waals surface area (Å²) in [7, 11) is 0. The Labute approximate surface area is 179 Å². The second-order valence-electron chi connectivity index (χ2n) is 7.52. The van der Waals surface area contributed by atoms with E-state index in [-0.39, 0.29) is 18.5 Å². The van der Waals surface area contributed by atoms with E-state index in [9.17, 15) is 5.11 Å². The van der Waals surface area contributed by atoms with E-state index in [1.54, 1.807) is 0 Å². The average Bonchev–Trinajstić information content (AvgIpc) is 2.76. The van der Waals surface area contributed by atoms with Crippen molar-refractivity contribution in [3.63, 3.8) is 0 Å². The number of aliphatic hydroxyl groups is 1. The summed E-state index contributed by atoms with van der Waals surface area (Å²) >= 11 is 0. The summed E-state index contributed by atoms with van der Waals surface area (Å²) in [5.41, 5.74) is 4.54. The summed E-state index contributed by atoms with van der Waals surface area (Å²) in [5.74, 6) is 1.54. The maximum absolute atomic E-state index is 9.25. The van der Waals surface area contributed by atoms with E-state index in [0.29, 0.717) is 5.75 Å². The quantitative estimate of drug-likeness (QED) is 0.359. The molecular weight excluding hydrogens is 372 g/mol. The van der Waals surface area contributed by atoms with Crippen LogP contribution in [-0.2, 0) is 0 Å². The topological polar surface area (TPSA) is 38.7 Å². The first-order chi connectivity index (χ1) is 14.6. The lowest BCUT2D eigenvalue weighted by molar-refractivity contribution is 0.191. The molecule has 3 aromatic rings. The van der Waals surface area contributed by atoms with E-state index in [1.165, 1.54) is 16.7 Å². The molecule has 3 rings (SSSR count). The van der Waals surface area contributed by atoms with E-state index in [0.717, 1.165) is 30.6 Å². The minimum atomic E-state index is -0.0167. The molecule has 0 fully saturated rings. The molecule has 3 aromatic carbocycles. The Bertz CT molecular complexity index is 963. The standard InChI is InChI=1S/C27H30O3/c1-4-5-14-27(24-13-9-12-23(18-24)22-10-7-6-8-11-22)30-25-15-16-26(20(2)17-25)29-19-21(3)28/h6-13,15-18,27-28H,3-5,14,19H2,1-2H3. The molecule has 3 heteroatoms. The number of hydrogen-bond acceptors (Lipinski definition) is 3. The van der Waals surface area contributed by atoms with Crippen molar-refractivity contribution in [2.24, 2.45) is 0 Å². The SMILES string of the molecule is C=C(O)COc1ccc(OC(CCCC)c2cccc(-c3ccccc3)c2)cc1C. The largest absolute Gasteiger partial charge is 0.509 e. The molecular formula is C27H30O3. The second kappa shape index (κ2) is 10.5. The highest BCUT2D eigenvalue weighted by molar-refractivity contribution is 5.64. The first-order valence-electron chi connectivity index (χ1n) is 10.5. The lowest BCUT2D eigenvalue weighted by Gasteiger charge is -2.21. The van der Waals surface area contributed by atoms with E-state index >= 15 is 0 Å². The monoisotopic (exact) mass is 402 g/mol. The Morgan fingerprint density at radius 1 is 0.967 bits per heavy atom. The fourth-order valence-corrected chi connectivity index (χ4v) is 3.41. The fourth-order valence-electron chi connectivity index (χ4n) is 3.41. The van der Waals surface area contributed by atoms with E-state index in [2.05, 4.69) is 62.0 Å². The number of ether oxygens (including phenoxy) is 2. The molecule has 0 spiro atoms. The number of aryl methyl sites for hydroxylation is 1. The van der Waals surface area contributed by atoms with Gasteiger partial charge in [-0.05, 0) is 66.3 Å². The molecule has 0 bridgehead atoms. The van der Waals surface area contributed by atoms with Crippen LogP contribution in [0.4, 0.5) is 0 Å². The van der Waals surface area contributed by atoms with Crippen LogP contribution in [0.2, 0.25) is 0 Å². The van der Waals surface area contributed by atoms with Crippen molar-refractivity contribution in [2.75, 3.05) is 6.61 Å². The minimum Gasteiger partial charge on any atom is -0.509 e. The Hall–Kier alpha value is -3.20. The predicted molar refractivity (Wildman–Crippen MR) is 123 cm³/mol. The Kier molecular flexibility index (Phi) is 7.56. The van der Waals surface area contributed by atoms with Gasteiger partial charge in [0.2, 0.25) is 0 Å². The molecule has 0 aromatic heterocycles. The smallest absolute Gasteiger partial charge is 0.144 e. The number of unbranched alkanes of at least 4 members (excludes halogenated alkanes) is 1. The minimum absolute atomic E-state index is 0.00709. The third-order valence-corrected chi connectivity index (χ3v) is 5.00. The molecule has 1 unspecified atom stereocenters. The highest BCUT2D eigenvalue weighted by Gasteiger charge is 2.15. The second-order valence-corrected chi connectivity index (χ2v) is 7.52. The molecule has 1 atom stereocenters. The molecule has 0 aliphatic rings. The Balaban J connectivity index is 1.81. The van der Waals surface area contributed by atoms with Gasteiger partial charge < -0.3 is 14.6 Å². The summed E-state index contributed by atoms with van der Waals surface area (Å²) in [4.78, 5) is 0. The maximum Gasteiger partial charge on any atom is 0.144 e. The summed E-state index contributed by atoms with van der Waals surface area (Å²) < 4.78 is 12.0. The molecule has 0 aliphatic heterocycles. The first-order valence-corrected chi connectivity index (χ1v) is 10.5. The molecule has 1 N–H and O–H groups in total. The van der Waals surface area contributed by atoms with Crippen molar-refractivity contribution in [1.29, 1.82) is 0 Å². The van der Waals surface area contributed by atoms with Crippen molar-refractivity contribution in [2.45, 2.75) is 39.2 Å². The van der Waals surface area contributed by atoms with Gasteiger partial charge >= 0.3 is 0 Å². The van der Waals surface area contributed by atoms with Crippen LogP contribution in [0.1, 0.15) is 43.4 Å². The van der Waals surface area contributed by atoms with Gasteiger partial charge in [-0.15, -0.1) is 0 Å². The Morgan fingerprint density at radius 3 is 2.43 bits per heavy atom. The van der Waals surface area contributed by atoms with Crippen molar-refractivity contribution in [1.82, 2.24) is 0 Å². The summed E-state index contributed by atoms with van der Waals surface area (Å²) in [6.07, 6.45) is 3.15. The summed E-state index contributed by atoms with van der Waals surface area (Å²) in [6, 6.07) is 24.8. The number of benzene rings is 3. The lowest BCUT2D eigenvalue weighted by Crippen LogP contribution is -2.08. The maximum atomic E-state index is 9.25. The van der Waals surface area contributed by atoms with Crippen LogP contribution in [-0.4, -0.2) is 11.7 Å². The van der Waals surface area contributed by atoms with Crippen molar-refractivity contribution in [3.8, 4) is 22.6 Å². The Morgan fingerprint density at radius 2 is 1.73 bits per heavy atom. The third kappa shape index (κ3) is 5.90. The zero-order valence-electron chi connectivity index (χ0n) is 17.8. The number of rotatable bonds is 10. The molecule has 0 radical (unpaired) electrons. The van der Waals surface area contributed by atoms with Gasteiger partial charge in [-0.3, -0.25) is 0 Å². The molecule has 0 heterocycles. The highest BCUT2D eigenvalue weighted by atomic mass is 16.5. The van der Waals surface area contributed by atoms with E-state index in [1.807, 2.05) is 31.2 Å². The van der Waals surface area contributed by atoms with E-state index in [4.69, 9.17) is 9.47 Å². The molecule has 0 aliphatic carbocycles. The van der Waals surface area contributed by atoms with Crippen LogP contribution in [0.3, 0.4) is 0 Å². The van der Waals surface area contributed by atoms with Crippen molar-refractivity contribution >= 4 is 0 Å². The van der Waals surface area contributed by atoms with E-state index < -0.39 is 0 Å². The molecule has 0 saturated heterocycles. The predicted octanol–water partition coefficient (Wildman–Crippen LogP) is 7.42. The fraction of sp³-hybridized carbons (Fsp3) is 0.259. The van der Waals surface area contributed by atoms with Crippen molar-refractivity contribution < 1.29 is 14.6 Å². The van der Waals surface area contributed by atoms with Crippen molar-refractivity contribution in [3.05, 3.63) is 96.3 Å². The zero-order chi connectivity index (χ0) is 21.3. The summed E-state index contributed by atoms with van der Waals surface area (Å²) in [6.45, 7) is 7.71. The highest BCUT2D eigenvalue weighted by Crippen LogP contribution is 2.32. The van der Waals surface area contributed by atoms with Crippen LogP contribution in [0, 0.1) is 6.92 Å². The zero-order valence-corrected chi connectivity index (χ0v) is 17.8. The average molecular weight is 403 g/mol. The molecule has 0 amide bonds. The molecule has 3 nitrogen and oxygen atoms in total. The first kappa shape index (κ1) is 21.5. The van der Waals surface area contributed by atoms with Gasteiger partial charge in [0.05, 0.1) is 0 Å². The van der Waals surface area contributed by atoms with Gasteiger partial charge in [-0.1, -0.05) is 68.5 Å². The lowest BCUT2D eigenvalue weighted by atomic mass is 9.98. The van der Waals surface area contributed by atoms with Crippen LogP contribution in [0.5, 0.6) is 11.5 Å². The van der Waals surface area contributed by atoms with Crippen LogP contribution in [0.15, 0.2) is 85.1 Å². The summed E-state index contributed by atoms with van der Waals surface area (Å²) in [5, 5.41) is 9.25. The van der Waals surface area contributed by atoms with Gasteiger partial charge in [0.15, 0.2) is 0 Å². The van der Waals surface area contributed by atoms with Crippen LogP contribution in [0.25, 0.3) is 11.1 Å². The van der Waals surface area contributed by atoms with Crippen LogP contribution >= 0.6 is 0 Å². The third-order valence-electron chi connectivity index (χ3n) is 5.00. The van der Waals surface area contributed by atoms with Gasteiger partial charge in [-0.25, -0.2) is 0 Å². The van der Waals surface area contributed by atoms with Gasteiger partial charge in [0, 0.05) is 0 Å². The van der Waals surface area contributed by atoms with Crippen LogP contribution < -0.4 is 9.47 Å². The van der Waals surface area contributed by atoms with Gasteiger partial charge in [0.1, 0.15) is 30.0 Å². The molecule has 0 saturated carbocycles. The number of hydrogen-bond donors (Lipinski definition) is 1. The number of aliphatic hydroxyl groups excluding tert-OH is 1. The normalized spacial score (nSPS) is 11.7. The van der Waals surface area contributed by atoms with Gasteiger partial charge in [0.25, 0.3) is 0 Å². The molecule has 30 heavy (non-hydrogen) atoms. The molecule has 156 valence electrons.